The van der Waals surface area contributed by atoms with Crippen molar-refractivity contribution in [3.05, 3.63) is 41.7 Å². The van der Waals surface area contributed by atoms with E-state index < -0.39 is 0 Å². The molecule has 0 bridgehead atoms. The van der Waals surface area contributed by atoms with E-state index >= 15 is 0 Å². The minimum Gasteiger partial charge on any atom is -0.469 e. The minimum absolute atomic E-state index is 0.687. The third kappa shape index (κ3) is 3.17. The lowest BCUT2D eigenvalue weighted by atomic mass is 10.2. The summed E-state index contributed by atoms with van der Waals surface area (Å²) in [7, 11) is 2.02. The third-order valence-corrected chi connectivity index (χ3v) is 3.59. The number of aryl methyl sites for hydroxylation is 1. The van der Waals surface area contributed by atoms with Crippen LogP contribution >= 0.6 is 0 Å². The van der Waals surface area contributed by atoms with Crippen molar-refractivity contribution in [1.82, 2.24) is 15.3 Å². The van der Waals surface area contributed by atoms with Gasteiger partial charge in [-0.1, -0.05) is 0 Å². The highest BCUT2D eigenvalue weighted by molar-refractivity contribution is 5.37. The first-order valence-electron chi connectivity index (χ1n) is 7.01. The van der Waals surface area contributed by atoms with Gasteiger partial charge in [0.05, 0.1) is 18.2 Å². The molecule has 1 aliphatic rings. The zero-order valence-electron chi connectivity index (χ0n) is 12.0. The molecule has 0 spiro atoms. The van der Waals surface area contributed by atoms with Crippen molar-refractivity contribution < 1.29 is 4.42 Å². The van der Waals surface area contributed by atoms with E-state index in [1.807, 2.05) is 26.2 Å². The molecule has 0 amide bonds. The molecule has 0 aromatic carbocycles. The highest BCUT2D eigenvalue weighted by atomic mass is 16.3. The second-order valence-electron chi connectivity index (χ2n) is 5.38. The molecule has 106 valence electrons. The summed E-state index contributed by atoms with van der Waals surface area (Å²) in [4.78, 5) is 11.0. The summed E-state index contributed by atoms with van der Waals surface area (Å²) in [6, 6.07) is 2.68. The first kappa shape index (κ1) is 13.1. The van der Waals surface area contributed by atoms with Crippen molar-refractivity contribution in [3.63, 3.8) is 0 Å². The van der Waals surface area contributed by atoms with E-state index in [0.717, 1.165) is 30.4 Å². The van der Waals surface area contributed by atoms with Crippen LogP contribution in [0.5, 0.6) is 0 Å². The van der Waals surface area contributed by atoms with Crippen molar-refractivity contribution in [2.24, 2.45) is 0 Å². The van der Waals surface area contributed by atoms with Crippen molar-refractivity contribution >= 4 is 5.82 Å². The van der Waals surface area contributed by atoms with E-state index in [-0.39, 0.29) is 0 Å². The summed E-state index contributed by atoms with van der Waals surface area (Å²) < 4.78 is 5.32. The Kier molecular flexibility index (Phi) is 3.69. The number of rotatable bonds is 6. The van der Waals surface area contributed by atoms with Crippen LogP contribution in [0.25, 0.3) is 0 Å². The van der Waals surface area contributed by atoms with Gasteiger partial charge >= 0.3 is 0 Å². The van der Waals surface area contributed by atoms with Gasteiger partial charge in [0.2, 0.25) is 0 Å². The van der Waals surface area contributed by atoms with Crippen LogP contribution in [0.1, 0.15) is 29.9 Å². The molecular weight excluding hydrogens is 252 g/mol. The lowest BCUT2D eigenvalue weighted by Gasteiger charge is -2.18. The molecule has 1 aliphatic carbocycles. The number of hydrogen-bond acceptors (Lipinski definition) is 5. The van der Waals surface area contributed by atoms with E-state index in [9.17, 15) is 0 Å². The van der Waals surface area contributed by atoms with Gasteiger partial charge in [-0.25, -0.2) is 4.98 Å². The summed E-state index contributed by atoms with van der Waals surface area (Å²) >= 11 is 0. The number of nitrogens with zero attached hydrogens (tertiary/aromatic N) is 3. The predicted molar refractivity (Wildman–Crippen MR) is 77.4 cm³/mol. The Balaban J connectivity index is 1.65. The predicted octanol–water partition coefficient (Wildman–Crippen LogP) is 2.27. The fourth-order valence-corrected chi connectivity index (χ4v) is 2.11. The molecule has 2 heterocycles. The molecule has 0 aliphatic heterocycles. The molecule has 5 nitrogen and oxygen atoms in total. The van der Waals surface area contributed by atoms with Gasteiger partial charge in [0, 0.05) is 37.9 Å². The van der Waals surface area contributed by atoms with E-state index in [4.69, 9.17) is 4.42 Å². The molecule has 2 aromatic heterocycles. The minimum atomic E-state index is 0.687. The first-order valence-corrected chi connectivity index (χ1v) is 7.01. The number of aromatic nitrogens is 2. The van der Waals surface area contributed by atoms with Crippen molar-refractivity contribution in [1.29, 1.82) is 0 Å². The summed E-state index contributed by atoms with van der Waals surface area (Å²) in [5, 5.41) is 3.46. The van der Waals surface area contributed by atoms with Crippen molar-refractivity contribution in [2.45, 2.75) is 38.9 Å². The highest BCUT2D eigenvalue weighted by Crippen LogP contribution is 2.19. The lowest BCUT2D eigenvalue weighted by molar-refractivity contribution is 0.529. The maximum atomic E-state index is 5.32. The SMILES string of the molecule is Cc1occc1CN(C)c1cncc(CNC2CC2)n1. The van der Waals surface area contributed by atoms with E-state index in [1.165, 1.54) is 18.4 Å². The Morgan fingerprint density at radius 2 is 2.25 bits per heavy atom. The maximum Gasteiger partial charge on any atom is 0.147 e. The monoisotopic (exact) mass is 272 g/mol. The second-order valence-corrected chi connectivity index (χ2v) is 5.38. The number of nitrogens with one attached hydrogen (secondary N) is 1. The normalized spacial score (nSPS) is 14.5. The Labute approximate surface area is 119 Å². The largest absolute Gasteiger partial charge is 0.469 e. The molecule has 0 atom stereocenters. The molecule has 0 radical (unpaired) electrons. The number of anilines is 1. The average Bonchev–Trinajstić information content (AvgIpc) is 3.21. The first-order chi connectivity index (χ1) is 9.72. The average molecular weight is 272 g/mol. The molecule has 1 N–H and O–H groups in total. The Hall–Kier alpha value is -1.88. The number of furan rings is 1. The molecule has 1 fully saturated rings. The van der Waals surface area contributed by atoms with Crippen LogP contribution in [-0.2, 0) is 13.1 Å². The van der Waals surface area contributed by atoms with Crippen LogP contribution in [0.15, 0.2) is 29.1 Å². The third-order valence-electron chi connectivity index (χ3n) is 3.59. The Morgan fingerprint density at radius 3 is 2.95 bits per heavy atom. The molecule has 3 rings (SSSR count). The van der Waals surface area contributed by atoms with Crippen LogP contribution in [0.2, 0.25) is 0 Å². The molecule has 20 heavy (non-hydrogen) atoms. The number of hydrogen-bond donors (Lipinski definition) is 1. The van der Waals surface area contributed by atoms with Crippen LogP contribution in [0, 0.1) is 6.92 Å². The van der Waals surface area contributed by atoms with Crippen LogP contribution in [-0.4, -0.2) is 23.1 Å². The summed E-state index contributed by atoms with van der Waals surface area (Å²) in [5.41, 5.74) is 2.17. The van der Waals surface area contributed by atoms with Gasteiger partial charge in [-0.15, -0.1) is 0 Å². The second kappa shape index (κ2) is 5.63. The van der Waals surface area contributed by atoms with Gasteiger partial charge in [0.25, 0.3) is 0 Å². The van der Waals surface area contributed by atoms with Gasteiger partial charge in [-0.05, 0) is 25.8 Å². The van der Waals surface area contributed by atoms with Gasteiger partial charge in [0.15, 0.2) is 0 Å². The molecule has 5 heteroatoms. The van der Waals surface area contributed by atoms with Gasteiger partial charge in [-0.3, -0.25) is 4.98 Å². The van der Waals surface area contributed by atoms with Gasteiger partial charge in [-0.2, -0.15) is 0 Å². The van der Waals surface area contributed by atoms with E-state index in [0.29, 0.717) is 6.04 Å². The van der Waals surface area contributed by atoms with Crippen LogP contribution in [0.3, 0.4) is 0 Å². The summed E-state index contributed by atoms with van der Waals surface area (Å²) in [6.07, 6.45) is 7.92. The lowest BCUT2D eigenvalue weighted by Crippen LogP contribution is -2.20. The zero-order chi connectivity index (χ0) is 13.9. The fraction of sp³-hybridized carbons (Fsp3) is 0.467. The Morgan fingerprint density at radius 1 is 1.40 bits per heavy atom. The smallest absolute Gasteiger partial charge is 0.147 e. The van der Waals surface area contributed by atoms with Crippen LogP contribution in [0.4, 0.5) is 5.82 Å². The topological polar surface area (TPSA) is 54.2 Å². The summed E-state index contributed by atoms with van der Waals surface area (Å²) in [5.74, 6) is 1.84. The van der Waals surface area contributed by atoms with E-state index in [1.54, 1.807) is 12.5 Å². The van der Waals surface area contributed by atoms with Gasteiger partial charge < -0.3 is 14.6 Å². The van der Waals surface area contributed by atoms with Gasteiger partial charge in [0.1, 0.15) is 11.6 Å². The van der Waals surface area contributed by atoms with Crippen molar-refractivity contribution in [3.8, 4) is 0 Å². The summed E-state index contributed by atoms with van der Waals surface area (Å²) in [6.45, 7) is 3.55. The molecule has 2 aromatic rings. The Bertz CT molecular complexity index is 577. The van der Waals surface area contributed by atoms with E-state index in [2.05, 4.69) is 20.2 Å². The van der Waals surface area contributed by atoms with Crippen molar-refractivity contribution in [2.75, 3.05) is 11.9 Å². The molecular formula is C15H20N4O. The molecule has 0 unspecified atom stereocenters. The fourth-order valence-electron chi connectivity index (χ4n) is 2.11. The standard InChI is InChI=1S/C15H20N4O/c1-11-12(5-6-20-11)10-19(2)15-9-16-7-14(18-15)8-17-13-3-4-13/h5-7,9,13,17H,3-4,8,10H2,1-2H3. The zero-order valence-corrected chi connectivity index (χ0v) is 12.0. The van der Waals surface area contributed by atoms with Crippen LogP contribution < -0.4 is 10.2 Å². The highest BCUT2D eigenvalue weighted by Gasteiger charge is 2.20. The quantitative estimate of drug-likeness (QED) is 0.874. The molecule has 0 saturated heterocycles. The molecule has 1 saturated carbocycles. The maximum absolute atomic E-state index is 5.32.